The molecule has 0 aliphatic carbocycles. The Labute approximate surface area is 171 Å². The molecule has 1 aromatic carbocycles. The van der Waals surface area contributed by atoms with E-state index in [0.29, 0.717) is 31.0 Å². The summed E-state index contributed by atoms with van der Waals surface area (Å²) in [7, 11) is 0. The number of hydrogen-bond acceptors (Lipinski definition) is 5. The molecule has 1 N–H and O–H groups in total. The standard InChI is InChI=1S/C22H27N5O2/c28-20-13-19(16-27(20)12-9-17-7-3-1-4-8-17)25-21(29)18-14-23-22(24-15-18)26-10-5-2-6-11-26/h1,3-4,7-8,14-15,19H,2,5-6,9-13,16H2,(H,25,29)/t19-/m1/s1. The molecule has 2 aromatic rings. The molecule has 2 aliphatic rings. The quantitative estimate of drug-likeness (QED) is 0.813. The third kappa shape index (κ3) is 4.91. The lowest BCUT2D eigenvalue weighted by atomic mass is 10.1. The highest BCUT2D eigenvalue weighted by Gasteiger charge is 2.30. The van der Waals surface area contributed by atoms with Crippen LogP contribution in [0.3, 0.4) is 0 Å². The van der Waals surface area contributed by atoms with Crippen molar-refractivity contribution in [3.8, 4) is 0 Å². The number of benzene rings is 1. The molecule has 0 bridgehead atoms. The lowest BCUT2D eigenvalue weighted by Crippen LogP contribution is -2.37. The number of aromatic nitrogens is 2. The summed E-state index contributed by atoms with van der Waals surface area (Å²) in [4.78, 5) is 37.6. The predicted molar refractivity (Wildman–Crippen MR) is 111 cm³/mol. The minimum Gasteiger partial charge on any atom is -0.347 e. The zero-order chi connectivity index (χ0) is 20.1. The van der Waals surface area contributed by atoms with Gasteiger partial charge in [0.25, 0.3) is 5.91 Å². The summed E-state index contributed by atoms with van der Waals surface area (Å²) in [6.45, 7) is 3.15. The average molecular weight is 393 g/mol. The molecule has 0 unspecified atom stereocenters. The minimum absolute atomic E-state index is 0.0860. The van der Waals surface area contributed by atoms with Gasteiger partial charge in [-0.1, -0.05) is 30.3 Å². The van der Waals surface area contributed by atoms with Gasteiger partial charge >= 0.3 is 0 Å². The van der Waals surface area contributed by atoms with Crippen LogP contribution < -0.4 is 10.2 Å². The fourth-order valence-corrected chi connectivity index (χ4v) is 3.96. The van der Waals surface area contributed by atoms with Gasteiger partial charge in [-0.3, -0.25) is 9.59 Å². The number of rotatable bonds is 6. The number of likely N-dealkylation sites (tertiary alicyclic amines) is 1. The topological polar surface area (TPSA) is 78.4 Å². The van der Waals surface area contributed by atoms with E-state index in [2.05, 4.69) is 32.3 Å². The highest BCUT2D eigenvalue weighted by atomic mass is 16.2. The zero-order valence-electron chi connectivity index (χ0n) is 16.6. The van der Waals surface area contributed by atoms with Crippen LogP contribution in [0.15, 0.2) is 42.7 Å². The van der Waals surface area contributed by atoms with Crippen LogP contribution in [0, 0.1) is 0 Å². The molecule has 2 aliphatic heterocycles. The van der Waals surface area contributed by atoms with Gasteiger partial charge in [-0.25, -0.2) is 9.97 Å². The normalized spacial score (nSPS) is 19.4. The maximum absolute atomic E-state index is 12.5. The van der Waals surface area contributed by atoms with Crippen LogP contribution in [0.25, 0.3) is 0 Å². The van der Waals surface area contributed by atoms with Crippen molar-refractivity contribution in [1.29, 1.82) is 0 Å². The first kappa shape index (κ1) is 19.4. The Balaban J connectivity index is 1.28. The molecule has 1 atom stereocenters. The second kappa shape index (κ2) is 9.03. The van der Waals surface area contributed by atoms with Gasteiger partial charge in [0, 0.05) is 45.0 Å². The van der Waals surface area contributed by atoms with Gasteiger partial charge in [0.15, 0.2) is 0 Å². The van der Waals surface area contributed by atoms with Crippen molar-refractivity contribution in [2.45, 2.75) is 38.1 Å². The van der Waals surface area contributed by atoms with Crippen molar-refractivity contribution >= 4 is 17.8 Å². The summed E-state index contributed by atoms with van der Waals surface area (Å²) in [5.74, 6) is 0.546. The number of nitrogens with zero attached hydrogens (tertiary/aromatic N) is 4. The van der Waals surface area contributed by atoms with E-state index < -0.39 is 0 Å². The van der Waals surface area contributed by atoms with Crippen LogP contribution in [-0.4, -0.2) is 58.9 Å². The molecule has 3 heterocycles. The molecule has 7 heteroatoms. The molecule has 0 saturated carbocycles. The fraction of sp³-hybridized carbons (Fsp3) is 0.455. The molecule has 1 aromatic heterocycles. The van der Waals surface area contributed by atoms with Crippen LogP contribution in [0.5, 0.6) is 0 Å². The summed E-state index contributed by atoms with van der Waals surface area (Å²) in [6, 6.07) is 9.94. The Morgan fingerprint density at radius 1 is 1.07 bits per heavy atom. The Morgan fingerprint density at radius 3 is 2.52 bits per heavy atom. The van der Waals surface area contributed by atoms with E-state index in [0.717, 1.165) is 32.4 Å². The number of amides is 2. The van der Waals surface area contributed by atoms with E-state index in [1.165, 1.54) is 12.0 Å². The van der Waals surface area contributed by atoms with E-state index >= 15 is 0 Å². The largest absolute Gasteiger partial charge is 0.347 e. The van der Waals surface area contributed by atoms with Crippen LogP contribution in [0.2, 0.25) is 0 Å². The molecule has 29 heavy (non-hydrogen) atoms. The Morgan fingerprint density at radius 2 is 1.79 bits per heavy atom. The van der Waals surface area contributed by atoms with Crippen molar-refractivity contribution in [1.82, 2.24) is 20.2 Å². The Bertz CT molecular complexity index is 834. The summed E-state index contributed by atoms with van der Waals surface area (Å²) < 4.78 is 0. The van der Waals surface area contributed by atoms with Crippen LogP contribution >= 0.6 is 0 Å². The molecule has 152 valence electrons. The molecule has 2 saturated heterocycles. The SMILES string of the molecule is O=C(N[C@@H]1CC(=O)N(CCc2ccccc2)C1)c1cnc(N2CCCCC2)nc1. The zero-order valence-corrected chi connectivity index (χ0v) is 16.6. The summed E-state index contributed by atoms with van der Waals surface area (Å²) in [6.07, 6.45) is 7.88. The van der Waals surface area contributed by atoms with Crippen molar-refractivity contribution in [2.24, 2.45) is 0 Å². The first-order valence-electron chi connectivity index (χ1n) is 10.4. The summed E-state index contributed by atoms with van der Waals surface area (Å²) in [5.41, 5.74) is 1.64. The molecular formula is C22H27N5O2. The predicted octanol–water partition coefficient (Wildman–Crippen LogP) is 2.04. The highest BCUT2D eigenvalue weighted by molar-refractivity contribution is 5.94. The maximum Gasteiger partial charge on any atom is 0.254 e. The van der Waals surface area contributed by atoms with Gasteiger partial charge in [-0.2, -0.15) is 0 Å². The van der Waals surface area contributed by atoms with E-state index in [1.807, 2.05) is 23.1 Å². The van der Waals surface area contributed by atoms with Crippen molar-refractivity contribution in [3.05, 3.63) is 53.9 Å². The number of carbonyl (C=O) groups is 2. The van der Waals surface area contributed by atoms with E-state index in [1.54, 1.807) is 12.4 Å². The third-order valence-corrected chi connectivity index (χ3v) is 5.60. The Kier molecular flexibility index (Phi) is 6.03. The van der Waals surface area contributed by atoms with Gasteiger partial charge in [-0.15, -0.1) is 0 Å². The lowest BCUT2D eigenvalue weighted by molar-refractivity contribution is -0.127. The lowest BCUT2D eigenvalue weighted by Gasteiger charge is -2.26. The Hall–Kier alpha value is -2.96. The number of piperidine rings is 1. The maximum atomic E-state index is 12.5. The second-order valence-corrected chi connectivity index (χ2v) is 7.77. The molecular weight excluding hydrogens is 366 g/mol. The molecule has 0 spiro atoms. The van der Waals surface area contributed by atoms with Crippen LogP contribution in [0.4, 0.5) is 5.95 Å². The van der Waals surface area contributed by atoms with E-state index in [-0.39, 0.29) is 17.9 Å². The number of hydrogen-bond donors (Lipinski definition) is 1. The van der Waals surface area contributed by atoms with Gasteiger partial charge in [0.05, 0.1) is 11.6 Å². The average Bonchev–Trinajstić information content (AvgIpc) is 3.12. The van der Waals surface area contributed by atoms with Gasteiger partial charge in [0.1, 0.15) is 0 Å². The molecule has 0 radical (unpaired) electrons. The van der Waals surface area contributed by atoms with Crippen LogP contribution in [0.1, 0.15) is 41.6 Å². The van der Waals surface area contributed by atoms with Gasteiger partial charge in [-0.05, 0) is 31.2 Å². The molecule has 2 amide bonds. The number of carbonyl (C=O) groups excluding carboxylic acids is 2. The smallest absolute Gasteiger partial charge is 0.254 e. The van der Waals surface area contributed by atoms with Crippen molar-refractivity contribution in [2.75, 3.05) is 31.1 Å². The molecule has 7 nitrogen and oxygen atoms in total. The summed E-state index contributed by atoms with van der Waals surface area (Å²) >= 11 is 0. The first-order valence-corrected chi connectivity index (χ1v) is 10.4. The third-order valence-electron chi connectivity index (χ3n) is 5.60. The minimum atomic E-state index is -0.224. The first-order chi connectivity index (χ1) is 14.2. The van der Waals surface area contributed by atoms with E-state index in [4.69, 9.17) is 0 Å². The van der Waals surface area contributed by atoms with Crippen molar-refractivity contribution < 1.29 is 9.59 Å². The monoisotopic (exact) mass is 393 g/mol. The summed E-state index contributed by atoms with van der Waals surface area (Å²) in [5, 5.41) is 2.96. The van der Waals surface area contributed by atoms with E-state index in [9.17, 15) is 9.59 Å². The number of nitrogens with one attached hydrogen (secondary N) is 1. The number of anilines is 1. The van der Waals surface area contributed by atoms with Crippen molar-refractivity contribution in [3.63, 3.8) is 0 Å². The molecule has 4 rings (SSSR count). The second-order valence-electron chi connectivity index (χ2n) is 7.77. The van der Waals surface area contributed by atoms with Gasteiger partial charge in [0.2, 0.25) is 11.9 Å². The molecule has 2 fully saturated rings. The highest BCUT2D eigenvalue weighted by Crippen LogP contribution is 2.16. The van der Waals surface area contributed by atoms with Crippen LogP contribution in [-0.2, 0) is 11.2 Å². The fourth-order valence-electron chi connectivity index (χ4n) is 3.96. The van der Waals surface area contributed by atoms with Gasteiger partial charge < -0.3 is 15.1 Å².